The lowest BCUT2D eigenvalue weighted by Gasteiger charge is -2.24. The van der Waals surface area contributed by atoms with Gasteiger partial charge in [-0.3, -0.25) is 9.36 Å². The Labute approximate surface area is 230 Å². The number of allylic oxidation sites excluding steroid dienone is 1. The molecule has 0 saturated carbocycles. The van der Waals surface area contributed by atoms with Crippen LogP contribution in [0.2, 0.25) is 0 Å². The number of carbonyl (C=O) groups excluding carboxylic acids is 1. The third-order valence-electron chi connectivity index (χ3n) is 6.55. The average molecular weight is 559 g/mol. The number of nitrogens with zero attached hydrogens (tertiary/aromatic N) is 2. The Hall–Kier alpha value is -4.90. The molecule has 0 unspecified atom stereocenters. The predicted octanol–water partition coefficient (Wildman–Crippen LogP) is 3.49. The molecule has 0 radical (unpaired) electrons. The Morgan fingerprint density at radius 1 is 1.15 bits per heavy atom. The van der Waals surface area contributed by atoms with Crippen LogP contribution in [0.1, 0.15) is 41.6 Å². The first-order chi connectivity index (χ1) is 19.4. The molecule has 0 saturated heterocycles. The van der Waals surface area contributed by atoms with Gasteiger partial charge < -0.3 is 23.7 Å². The third kappa shape index (κ3) is 4.30. The number of aromatic nitrogens is 1. The van der Waals surface area contributed by atoms with E-state index >= 15 is 0 Å². The highest BCUT2D eigenvalue weighted by molar-refractivity contribution is 7.07. The van der Waals surface area contributed by atoms with Crippen molar-refractivity contribution in [2.75, 3.05) is 13.4 Å². The lowest BCUT2D eigenvalue weighted by molar-refractivity contribution is -0.139. The van der Waals surface area contributed by atoms with Gasteiger partial charge in [0.05, 0.1) is 34.0 Å². The summed E-state index contributed by atoms with van der Waals surface area (Å²) in [5, 5.41) is 9.53. The third-order valence-corrected chi connectivity index (χ3v) is 7.54. The second kappa shape index (κ2) is 10.0. The fraction of sp³-hybridized carbons (Fsp3) is 0.172. The quantitative estimate of drug-likeness (QED) is 0.356. The molecule has 0 aliphatic carbocycles. The van der Waals surface area contributed by atoms with Gasteiger partial charge >= 0.3 is 11.9 Å². The average Bonchev–Trinajstić information content (AvgIpc) is 3.67. The Morgan fingerprint density at radius 2 is 1.95 bits per heavy atom. The van der Waals surface area contributed by atoms with Crippen LogP contribution in [0.5, 0.6) is 11.5 Å². The molecule has 0 amide bonds. The van der Waals surface area contributed by atoms with Gasteiger partial charge in [-0.15, -0.1) is 0 Å². The van der Waals surface area contributed by atoms with Crippen LogP contribution in [0.4, 0.5) is 0 Å². The summed E-state index contributed by atoms with van der Waals surface area (Å²) in [6.45, 7) is 3.68. The SMILES string of the molecule is CCOC(=O)C1=C(C)N=c2s/c(=C/c3ccc(-c4ccccc4C(=O)O)o3)c(=O)n2[C@@H]1c1ccc2c(c1)OCO2. The van der Waals surface area contributed by atoms with E-state index in [9.17, 15) is 19.5 Å². The minimum absolute atomic E-state index is 0.0865. The number of carbonyl (C=O) groups is 2. The zero-order chi connectivity index (χ0) is 28.0. The zero-order valence-electron chi connectivity index (χ0n) is 21.4. The van der Waals surface area contributed by atoms with Crippen LogP contribution in [0.15, 0.2) is 80.1 Å². The van der Waals surface area contributed by atoms with E-state index in [2.05, 4.69) is 4.99 Å². The normalized spacial score (nSPS) is 16.1. The maximum absolute atomic E-state index is 13.8. The number of carboxylic acid groups (broad SMARTS) is 1. The number of ether oxygens (including phenoxy) is 3. The fourth-order valence-corrected chi connectivity index (χ4v) is 5.81. The first-order valence-corrected chi connectivity index (χ1v) is 13.2. The van der Waals surface area contributed by atoms with Gasteiger partial charge in [0, 0.05) is 11.6 Å². The standard InChI is InChI=1S/C29H22N2O8S/c1-3-36-28(35)24-15(2)30-29-31(25(24)16-8-10-21-22(12-16)38-14-37-21)26(32)23(40-29)13-17-9-11-20(39-17)18-6-4-5-7-19(18)27(33)34/h4-13,25H,3,14H2,1-2H3,(H,33,34)/b23-13+/t25-/m1/s1. The van der Waals surface area contributed by atoms with E-state index in [1.165, 1.54) is 10.6 Å². The molecule has 10 nitrogen and oxygen atoms in total. The number of benzene rings is 2. The molecule has 4 heterocycles. The summed E-state index contributed by atoms with van der Waals surface area (Å²) in [6, 6.07) is 14.3. The van der Waals surface area contributed by atoms with Crippen molar-refractivity contribution in [3.63, 3.8) is 0 Å². The molecular formula is C29H22N2O8S. The molecule has 2 aliphatic heterocycles. The smallest absolute Gasteiger partial charge is 0.338 e. The summed E-state index contributed by atoms with van der Waals surface area (Å²) in [5.41, 5.74) is 1.50. The molecule has 1 atom stereocenters. The lowest BCUT2D eigenvalue weighted by Crippen LogP contribution is -2.39. The molecule has 0 spiro atoms. The van der Waals surface area contributed by atoms with Crippen molar-refractivity contribution in [1.29, 1.82) is 0 Å². The molecule has 0 bridgehead atoms. The molecule has 6 rings (SSSR count). The Kier molecular flexibility index (Phi) is 6.35. The van der Waals surface area contributed by atoms with Crippen LogP contribution in [0.3, 0.4) is 0 Å². The molecular weight excluding hydrogens is 536 g/mol. The molecule has 4 aromatic rings. The molecule has 2 aliphatic rings. The second-order valence-corrected chi connectivity index (χ2v) is 9.98. The van der Waals surface area contributed by atoms with Crippen molar-refractivity contribution in [2.45, 2.75) is 19.9 Å². The molecule has 2 aromatic heterocycles. The van der Waals surface area contributed by atoms with Crippen molar-refractivity contribution in [3.05, 3.63) is 102 Å². The number of rotatable bonds is 6. The van der Waals surface area contributed by atoms with E-state index in [4.69, 9.17) is 18.6 Å². The molecule has 1 N–H and O–H groups in total. The predicted molar refractivity (Wildman–Crippen MR) is 144 cm³/mol. The number of esters is 1. The summed E-state index contributed by atoms with van der Waals surface area (Å²) >= 11 is 1.16. The topological polar surface area (TPSA) is 130 Å². The summed E-state index contributed by atoms with van der Waals surface area (Å²) < 4.78 is 24.0. The van der Waals surface area contributed by atoms with E-state index in [0.717, 1.165) is 11.3 Å². The summed E-state index contributed by atoms with van der Waals surface area (Å²) in [6.07, 6.45) is 1.58. The van der Waals surface area contributed by atoms with Crippen molar-refractivity contribution in [1.82, 2.24) is 4.57 Å². The summed E-state index contributed by atoms with van der Waals surface area (Å²) in [4.78, 5) is 43.5. The van der Waals surface area contributed by atoms with Crippen LogP contribution >= 0.6 is 11.3 Å². The van der Waals surface area contributed by atoms with Crippen molar-refractivity contribution in [3.8, 4) is 22.8 Å². The maximum Gasteiger partial charge on any atom is 0.338 e. The van der Waals surface area contributed by atoms with Crippen LogP contribution < -0.4 is 24.4 Å². The molecule has 202 valence electrons. The highest BCUT2D eigenvalue weighted by atomic mass is 32.1. The monoisotopic (exact) mass is 558 g/mol. The molecule has 40 heavy (non-hydrogen) atoms. The first kappa shape index (κ1) is 25.4. The van der Waals surface area contributed by atoms with Crippen LogP contribution in [-0.4, -0.2) is 35.0 Å². The van der Waals surface area contributed by atoms with Crippen LogP contribution in [0, 0.1) is 0 Å². The lowest BCUT2D eigenvalue weighted by atomic mass is 9.95. The van der Waals surface area contributed by atoms with Crippen molar-refractivity contribution in [2.24, 2.45) is 4.99 Å². The number of furan rings is 1. The van der Waals surface area contributed by atoms with E-state index < -0.39 is 18.0 Å². The highest BCUT2D eigenvalue weighted by Gasteiger charge is 2.34. The van der Waals surface area contributed by atoms with Gasteiger partial charge in [-0.05, 0) is 49.7 Å². The Morgan fingerprint density at radius 3 is 2.75 bits per heavy atom. The Bertz CT molecular complexity index is 1890. The number of thiazole rings is 1. The van der Waals surface area contributed by atoms with Gasteiger partial charge in [0.25, 0.3) is 5.56 Å². The highest BCUT2D eigenvalue weighted by Crippen LogP contribution is 2.38. The number of hydrogen-bond donors (Lipinski definition) is 1. The van der Waals surface area contributed by atoms with E-state index in [0.29, 0.717) is 49.2 Å². The zero-order valence-corrected chi connectivity index (χ0v) is 22.2. The molecule has 2 aromatic carbocycles. The van der Waals surface area contributed by atoms with E-state index in [-0.39, 0.29) is 30.1 Å². The van der Waals surface area contributed by atoms with Crippen LogP contribution in [0.25, 0.3) is 17.4 Å². The maximum atomic E-state index is 13.8. The summed E-state index contributed by atoms with van der Waals surface area (Å²) in [7, 11) is 0. The van der Waals surface area contributed by atoms with Gasteiger partial charge in [0.2, 0.25) is 6.79 Å². The second-order valence-electron chi connectivity index (χ2n) is 8.97. The first-order valence-electron chi connectivity index (χ1n) is 12.4. The number of carboxylic acids is 1. The number of aromatic carboxylic acids is 1. The summed E-state index contributed by atoms with van der Waals surface area (Å²) in [5.74, 6) is 0.179. The fourth-order valence-electron chi connectivity index (χ4n) is 4.78. The minimum Gasteiger partial charge on any atom is -0.478 e. The number of fused-ring (bicyclic) bond motifs is 2. The van der Waals surface area contributed by atoms with Crippen molar-refractivity contribution >= 4 is 29.4 Å². The van der Waals surface area contributed by atoms with Crippen LogP contribution in [-0.2, 0) is 9.53 Å². The largest absolute Gasteiger partial charge is 0.478 e. The van der Waals surface area contributed by atoms with E-state index in [1.54, 1.807) is 68.5 Å². The molecule has 11 heteroatoms. The van der Waals surface area contributed by atoms with Gasteiger partial charge in [-0.1, -0.05) is 35.6 Å². The van der Waals surface area contributed by atoms with Gasteiger partial charge in [-0.2, -0.15) is 0 Å². The van der Waals surface area contributed by atoms with E-state index in [1.807, 2.05) is 0 Å². The van der Waals surface area contributed by atoms with Gasteiger partial charge in [0.15, 0.2) is 16.3 Å². The van der Waals surface area contributed by atoms with Gasteiger partial charge in [-0.25, -0.2) is 14.6 Å². The Balaban J connectivity index is 1.48. The minimum atomic E-state index is -1.07. The number of hydrogen-bond acceptors (Lipinski definition) is 9. The van der Waals surface area contributed by atoms with Crippen molar-refractivity contribution < 1.29 is 33.3 Å². The molecule has 0 fully saturated rings. The van der Waals surface area contributed by atoms with Gasteiger partial charge in [0.1, 0.15) is 11.5 Å².